The molecule has 0 radical (unpaired) electrons. The Morgan fingerprint density at radius 1 is 1.17 bits per heavy atom. The van der Waals surface area contributed by atoms with Crippen molar-refractivity contribution in [2.75, 3.05) is 33.0 Å². The molecule has 1 rings (SSSR count). The van der Waals surface area contributed by atoms with Crippen LogP contribution in [0, 0.1) is 0 Å². The molecule has 1 saturated heterocycles. The van der Waals surface area contributed by atoms with Crippen LogP contribution in [0.2, 0.25) is 0 Å². The predicted octanol–water partition coefficient (Wildman–Crippen LogP) is 3.96. The molecule has 110 valence electrons. The number of quaternary nitrogens is 1. The zero-order valence-corrected chi connectivity index (χ0v) is 12.1. The molecular formula is C11H24BClF3NO. The minimum absolute atomic E-state index is 0.867. The first-order valence-electron chi connectivity index (χ1n) is 6.63. The van der Waals surface area contributed by atoms with Gasteiger partial charge in [-0.2, -0.15) is 0 Å². The molecule has 0 unspecified atom stereocenters. The molecule has 0 saturated carbocycles. The van der Waals surface area contributed by atoms with E-state index in [2.05, 4.69) is 25.3 Å². The first-order chi connectivity index (χ1) is 8.33. The van der Waals surface area contributed by atoms with Crippen molar-refractivity contribution >= 4 is 17.9 Å². The molecule has 2 nitrogen and oxygen atoms in total. The summed E-state index contributed by atoms with van der Waals surface area (Å²) in [5, 5.41) is 0. The summed E-state index contributed by atoms with van der Waals surface area (Å²) in [6.45, 7) is 10.2. The molecule has 0 bridgehead atoms. The fraction of sp³-hybridized carbons (Fsp3) is 1.00. The first kappa shape index (κ1) is 18.1. The average molecular weight is 290 g/mol. The first-order valence-corrected chi connectivity index (χ1v) is 7.07. The third-order valence-corrected chi connectivity index (χ3v) is 3.07. The van der Waals surface area contributed by atoms with Crippen molar-refractivity contribution in [1.82, 2.24) is 0 Å². The summed E-state index contributed by atoms with van der Waals surface area (Å²) in [7, 11) is 0. The second-order valence-corrected chi connectivity index (χ2v) is 5.18. The topological polar surface area (TPSA) is 9.23 Å². The van der Waals surface area contributed by atoms with E-state index in [1.54, 1.807) is 0 Å². The fourth-order valence-electron chi connectivity index (χ4n) is 2.20. The highest BCUT2D eigenvalue weighted by Crippen LogP contribution is 2.20. The fourth-order valence-corrected chi connectivity index (χ4v) is 2.20. The van der Waals surface area contributed by atoms with E-state index in [1.165, 1.54) is 49.8 Å². The van der Waals surface area contributed by atoms with Gasteiger partial charge in [-0.25, -0.2) is 0 Å². The maximum Gasteiger partial charge on any atom is 0.576 e. The van der Waals surface area contributed by atoms with Crippen molar-refractivity contribution in [3.63, 3.8) is 0 Å². The van der Waals surface area contributed by atoms with Gasteiger partial charge in [0.15, 0.2) is 6.73 Å². The van der Waals surface area contributed by atoms with Crippen LogP contribution >= 0.6 is 11.5 Å². The van der Waals surface area contributed by atoms with E-state index in [0.29, 0.717) is 0 Å². The van der Waals surface area contributed by atoms with Crippen LogP contribution < -0.4 is 0 Å². The molecule has 0 aromatic rings. The summed E-state index contributed by atoms with van der Waals surface area (Å²) < 4.78 is 37.4. The number of ether oxygens (including phenoxy) is 1. The van der Waals surface area contributed by atoms with Crippen LogP contribution in [-0.2, 0) is 4.74 Å². The van der Waals surface area contributed by atoms with Gasteiger partial charge in [-0.1, -0.05) is 13.3 Å². The predicted molar refractivity (Wildman–Crippen MR) is 70.4 cm³/mol. The van der Waals surface area contributed by atoms with E-state index in [-0.39, 0.29) is 0 Å². The zero-order valence-electron chi connectivity index (χ0n) is 11.3. The minimum atomic E-state index is -5.03. The van der Waals surface area contributed by atoms with E-state index < -0.39 is 6.39 Å². The quantitative estimate of drug-likeness (QED) is 0.531. The summed E-state index contributed by atoms with van der Waals surface area (Å²) >= 11 is 3.59. The van der Waals surface area contributed by atoms with Gasteiger partial charge >= 0.3 is 6.39 Å². The highest BCUT2D eigenvalue weighted by Gasteiger charge is 2.30. The third kappa shape index (κ3) is 10.0. The molecule has 0 atom stereocenters. The number of nitrogens with zero attached hydrogens (tertiary/aromatic N) is 1. The normalized spacial score (nSPS) is 18.3. The van der Waals surface area contributed by atoms with Crippen LogP contribution in [0.4, 0.5) is 12.9 Å². The van der Waals surface area contributed by atoms with Gasteiger partial charge in [0.25, 0.3) is 0 Å². The second-order valence-electron chi connectivity index (χ2n) is 4.69. The van der Waals surface area contributed by atoms with E-state index in [4.69, 9.17) is 4.74 Å². The lowest BCUT2D eigenvalue weighted by atomic mass is 10.3. The molecule has 1 heterocycles. The molecule has 7 heteroatoms. The lowest BCUT2D eigenvalue weighted by Gasteiger charge is -2.33. The van der Waals surface area contributed by atoms with Crippen LogP contribution in [0.25, 0.3) is 0 Å². The minimum Gasteiger partial charge on any atom is -0.435 e. The second kappa shape index (κ2) is 9.05. The van der Waals surface area contributed by atoms with Crippen LogP contribution in [0.3, 0.4) is 0 Å². The molecule has 0 aromatic carbocycles. The van der Waals surface area contributed by atoms with Crippen LogP contribution in [-0.4, -0.2) is 43.8 Å². The van der Waals surface area contributed by atoms with E-state index in [1.807, 2.05) is 0 Å². The number of rotatable bonds is 6. The van der Waals surface area contributed by atoms with Crippen LogP contribution in [0.15, 0.2) is 0 Å². The Hall–Kier alpha value is 0.0649. The Labute approximate surface area is 113 Å². The summed E-state index contributed by atoms with van der Waals surface area (Å²) in [4.78, 5) is 0. The smallest absolute Gasteiger partial charge is 0.435 e. The molecule has 0 spiro atoms. The maximum atomic E-state index is 10.2. The Kier molecular flexibility index (Phi) is 9.08. The Balaban J connectivity index is 0.000000494. The molecule has 0 N–H and O–H groups in total. The Morgan fingerprint density at radius 2 is 1.67 bits per heavy atom. The highest BCUT2D eigenvalue weighted by molar-refractivity contribution is 7.08. The van der Waals surface area contributed by atoms with Gasteiger partial charge in [0.05, 0.1) is 19.6 Å². The monoisotopic (exact) mass is 289 g/mol. The van der Waals surface area contributed by atoms with Crippen molar-refractivity contribution < 1.29 is 22.2 Å². The largest absolute Gasteiger partial charge is 0.576 e. The highest BCUT2D eigenvalue weighted by atomic mass is 35.5. The average Bonchev–Trinajstić information content (AvgIpc) is 2.71. The van der Waals surface area contributed by atoms with E-state index in [0.717, 1.165) is 13.3 Å². The lowest BCUT2D eigenvalue weighted by molar-refractivity contribution is -0.935. The molecule has 0 aliphatic carbocycles. The number of unbranched alkanes of at least 4 members (excludes halogenated alkanes) is 1. The number of hydrogen-bond acceptors (Lipinski definition) is 1. The van der Waals surface area contributed by atoms with Gasteiger partial charge in [0.2, 0.25) is 0 Å². The SMILES string of the molecule is CCCC[N+]1(COCC)CCCC1.F[B-](F)(F)Cl. The van der Waals surface area contributed by atoms with Crippen molar-refractivity contribution in [3.8, 4) is 0 Å². The molecule has 18 heavy (non-hydrogen) atoms. The third-order valence-electron chi connectivity index (χ3n) is 3.07. The molecule has 0 amide bonds. The summed E-state index contributed by atoms with van der Waals surface area (Å²) in [5.74, 6) is 0. The van der Waals surface area contributed by atoms with Gasteiger partial charge in [-0.3, -0.25) is 11.5 Å². The Bertz CT molecular complexity index is 195. The van der Waals surface area contributed by atoms with Gasteiger partial charge in [0.1, 0.15) is 0 Å². The molecule has 1 aliphatic heterocycles. The van der Waals surface area contributed by atoms with Crippen molar-refractivity contribution in [2.45, 2.75) is 39.5 Å². The summed E-state index contributed by atoms with van der Waals surface area (Å²) in [6, 6.07) is 0. The van der Waals surface area contributed by atoms with Crippen molar-refractivity contribution in [2.24, 2.45) is 0 Å². The van der Waals surface area contributed by atoms with Gasteiger partial charge in [0, 0.05) is 19.4 Å². The van der Waals surface area contributed by atoms with Crippen molar-refractivity contribution in [3.05, 3.63) is 0 Å². The maximum absolute atomic E-state index is 10.2. The molecular weight excluding hydrogens is 265 g/mol. The number of hydrogen-bond donors (Lipinski definition) is 0. The molecule has 1 fully saturated rings. The summed E-state index contributed by atoms with van der Waals surface area (Å²) in [6.07, 6.45) is 0.437. The van der Waals surface area contributed by atoms with E-state index in [9.17, 15) is 12.9 Å². The zero-order chi connectivity index (χ0) is 14.1. The molecule has 1 aliphatic rings. The number of halogens is 4. The molecule has 0 aromatic heterocycles. The van der Waals surface area contributed by atoms with Crippen LogP contribution in [0.5, 0.6) is 0 Å². The standard InChI is InChI=1S/C11H24NO.BClF3/c1-3-5-8-12(11-13-4-2)9-6-7-10-12;2-1(3,4)5/h3-11H2,1-2H3;/q+1;-1. The van der Waals surface area contributed by atoms with E-state index >= 15 is 0 Å². The van der Waals surface area contributed by atoms with Gasteiger partial charge < -0.3 is 22.2 Å². The lowest BCUT2D eigenvalue weighted by Crippen LogP contribution is -2.47. The Morgan fingerprint density at radius 3 is 2.06 bits per heavy atom. The van der Waals surface area contributed by atoms with Gasteiger partial charge in [-0.15, -0.1) is 0 Å². The summed E-state index contributed by atoms with van der Waals surface area (Å²) in [5.41, 5.74) is 0. The van der Waals surface area contributed by atoms with Gasteiger partial charge in [-0.05, 0) is 13.3 Å². The van der Waals surface area contributed by atoms with Crippen molar-refractivity contribution in [1.29, 1.82) is 0 Å². The number of likely N-dealkylation sites (tertiary alicyclic amines) is 1. The van der Waals surface area contributed by atoms with Crippen LogP contribution in [0.1, 0.15) is 39.5 Å².